The van der Waals surface area contributed by atoms with E-state index in [9.17, 15) is 0 Å². The fourth-order valence-corrected chi connectivity index (χ4v) is 1.46. The molecule has 0 saturated heterocycles. The quantitative estimate of drug-likeness (QED) is 0.873. The van der Waals surface area contributed by atoms with Crippen molar-refractivity contribution in [3.8, 4) is 11.6 Å². The molecule has 1 heterocycles. The van der Waals surface area contributed by atoms with E-state index in [2.05, 4.69) is 23.2 Å². The van der Waals surface area contributed by atoms with Crippen LogP contribution in [-0.2, 0) is 13.0 Å². The van der Waals surface area contributed by atoms with Crippen LogP contribution in [0.2, 0.25) is 0 Å². The number of nitrogens with zero attached hydrogens (tertiary/aromatic N) is 2. The molecule has 0 aliphatic rings. The number of nitrogens with two attached hydrogens (primary N) is 1. The van der Waals surface area contributed by atoms with Crippen molar-refractivity contribution in [1.29, 1.82) is 0 Å². The molecule has 0 aliphatic heterocycles. The van der Waals surface area contributed by atoms with Gasteiger partial charge in [0.25, 0.3) is 0 Å². The molecule has 0 atom stereocenters. The summed E-state index contributed by atoms with van der Waals surface area (Å²) in [6.45, 7) is 2.49. The van der Waals surface area contributed by atoms with Gasteiger partial charge in [0.05, 0.1) is 5.69 Å². The van der Waals surface area contributed by atoms with Crippen molar-refractivity contribution in [3.63, 3.8) is 0 Å². The van der Waals surface area contributed by atoms with Crippen LogP contribution in [0.5, 0.6) is 11.6 Å². The summed E-state index contributed by atoms with van der Waals surface area (Å²) in [4.78, 5) is 0. The highest BCUT2D eigenvalue weighted by atomic mass is 16.5. The first kappa shape index (κ1) is 11.5. The number of benzene rings is 1. The van der Waals surface area contributed by atoms with Crippen LogP contribution < -0.4 is 10.5 Å². The molecular formula is C13H15N3O. The van der Waals surface area contributed by atoms with Crippen LogP contribution in [0.1, 0.15) is 18.2 Å². The topological polar surface area (TPSA) is 61.0 Å². The van der Waals surface area contributed by atoms with Crippen molar-refractivity contribution in [2.45, 2.75) is 19.9 Å². The maximum Gasteiger partial charge on any atom is 0.238 e. The van der Waals surface area contributed by atoms with Crippen LogP contribution in [0, 0.1) is 0 Å². The first-order chi connectivity index (χ1) is 8.31. The minimum absolute atomic E-state index is 0.387. The number of aryl methyl sites for hydroxylation is 1. The average molecular weight is 229 g/mol. The summed E-state index contributed by atoms with van der Waals surface area (Å²) in [5.74, 6) is 1.26. The van der Waals surface area contributed by atoms with E-state index in [1.807, 2.05) is 24.3 Å². The third kappa shape index (κ3) is 3.01. The van der Waals surface area contributed by atoms with Gasteiger partial charge in [-0.05, 0) is 30.2 Å². The number of ether oxygens (including phenoxy) is 1. The molecule has 2 aromatic rings. The average Bonchev–Trinajstić information content (AvgIpc) is 2.40. The molecule has 0 aliphatic carbocycles. The first-order valence-electron chi connectivity index (χ1n) is 5.61. The Labute approximate surface area is 100 Å². The number of aromatic nitrogens is 2. The first-order valence-corrected chi connectivity index (χ1v) is 5.61. The van der Waals surface area contributed by atoms with Crippen molar-refractivity contribution >= 4 is 0 Å². The summed E-state index contributed by atoms with van der Waals surface area (Å²) in [6.07, 6.45) is 0.981. The van der Waals surface area contributed by atoms with E-state index in [0.29, 0.717) is 12.4 Å². The lowest BCUT2D eigenvalue weighted by Crippen LogP contribution is -2.01. The van der Waals surface area contributed by atoms with Crippen LogP contribution in [-0.4, -0.2) is 10.2 Å². The third-order valence-corrected chi connectivity index (χ3v) is 2.43. The summed E-state index contributed by atoms with van der Waals surface area (Å²) >= 11 is 0. The minimum Gasteiger partial charge on any atom is -0.438 e. The van der Waals surface area contributed by atoms with Crippen molar-refractivity contribution in [1.82, 2.24) is 10.2 Å². The Morgan fingerprint density at radius 3 is 2.71 bits per heavy atom. The minimum atomic E-state index is 0.387. The van der Waals surface area contributed by atoms with Crippen LogP contribution >= 0.6 is 0 Å². The van der Waals surface area contributed by atoms with Gasteiger partial charge in [-0.15, -0.1) is 5.10 Å². The smallest absolute Gasteiger partial charge is 0.238 e. The molecule has 0 radical (unpaired) electrons. The van der Waals surface area contributed by atoms with Crippen molar-refractivity contribution in [2.24, 2.45) is 5.73 Å². The Balaban J connectivity index is 2.13. The van der Waals surface area contributed by atoms with E-state index < -0.39 is 0 Å². The van der Waals surface area contributed by atoms with Crippen molar-refractivity contribution in [3.05, 3.63) is 47.7 Å². The van der Waals surface area contributed by atoms with Gasteiger partial charge in [0.15, 0.2) is 0 Å². The largest absolute Gasteiger partial charge is 0.438 e. The van der Waals surface area contributed by atoms with Crippen LogP contribution in [0.25, 0.3) is 0 Å². The Hall–Kier alpha value is -1.94. The molecule has 1 aromatic heterocycles. The molecule has 0 saturated carbocycles. The third-order valence-electron chi connectivity index (χ3n) is 2.43. The Morgan fingerprint density at radius 1 is 1.18 bits per heavy atom. The fraction of sp³-hybridized carbons (Fsp3) is 0.231. The lowest BCUT2D eigenvalue weighted by Gasteiger charge is -2.05. The Morgan fingerprint density at radius 2 is 2.06 bits per heavy atom. The van der Waals surface area contributed by atoms with Gasteiger partial charge in [0.1, 0.15) is 5.75 Å². The zero-order chi connectivity index (χ0) is 12.1. The van der Waals surface area contributed by atoms with Gasteiger partial charge in [-0.2, -0.15) is 5.10 Å². The molecule has 4 nitrogen and oxygen atoms in total. The monoisotopic (exact) mass is 229 g/mol. The van der Waals surface area contributed by atoms with Gasteiger partial charge in [-0.1, -0.05) is 19.1 Å². The van der Waals surface area contributed by atoms with Gasteiger partial charge in [0.2, 0.25) is 5.88 Å². The van der Waals surface area contributed by atoms with E-state index >= 15 is 0 Å². The molecule has 2 N–H and O–H groups in total. The maximum atomic E-state index is 5.61. The molecule has 0 spiro atoms. The molecule has 0 fully saturated rings. The summed E-state index contributed by atoms with van der Waals surface area (Å²) in [5, 5.41) is 7.88. The highest BCUT2D eigenvalue weighted by Crippen LogP contribution is 2.20. The SMILES string of the molecule is CCc1cccc(Oc2ccc(CN)nn2)c1. The molecule has 1 aromatic carbocycles. The molecule has 0 amide bonds. The number of hydrogen-bond donors (Lipinski definition) is 1. The highest BCUT2D eigenvalue weighted by Gasteiger charge is 2.00. The molecule has 0 bridgehead atoms. The second-order valence-corrected chi connectivity index (χ2v) is 3.67. The second kappa shape index (κ2) is 5.41. The number of hydrogen-bond acceptors (Lipinski definition) is 4. The Kier molecular flexibility index (Phi) is 3.67. The maximum absolute atomic E-state index is 5.61. The molecule has 2 rings (SSSR count). The summed E-state index contributed by atoms with van der Waals surface area (Å²) in [5.41, 5.74) is 7.43. The molecule has 4 heteroatoms. The Bertz CT molecular complexity index is 482. The van der Waals surface area contributed by atoms with Crippen molar-refractivity contribution in [2.75, 3.05) is 0 Å². The molecule has 17 heavy (non-hydrogen) atoms. The van der Waals surface area contributed by atoms with Gasteiger partial charge in [-0.3, -0.25) is 0 Å². The lowest BCUT2D eigenvalue weighted by atomic mass is 10.2. The predicted octanol–water partition coefficient (Wildman–Crippen LogP) is 2.29. The standard InChI is InChI=1S/C13H15N3O/c1-2-10-4-3-5-12(8-10)17-13-7-6-11(9-14)15-16-13/h3-8H,2,9,14H2,1H3. The van der Waals surface area contributed by atoms with Crippen molar-refractivity contribution < 1.29 is 4.74 Å². The van der Waals surface area contributed by atoms with E-state index in [-0.39, 0.29) is 0 Å². The highest BCUT2D eigenvalue weighted by molar-refractivity contribution is 5.31. The summed E-state index contributed by atoms with van der Waals surface area (Å²) in [6, 6.07) is 11.5. The molecule has 88 valence electrons. The van der Waals surface area contributed by atoms with E-state index in [4.69, 9.17) is 10.5 Å². The fourth-order valence-electron chi connectivity index (χ4n) is 1.46. The summed E-state index contributed by atoms with van der Waals surface area (Å²) in [7, 11) is 0. The van der Waals surface area contributed by atoms with E-state index in [1.54, 1.807) is 6.07 Å². The van der Waals surface area contributed by atoms with Crippen LogP contribution in [0.4, 0.5) is 0 Å². The van der Waals surface area contributed by atoms with Crippen LogP contribution in [0.15, 0.2) is 36.4 Å². The zero-order valence-electron chi connectivity index (χ0n) is 9.76. The zero-order valence-corrected chi connectivity index (χ0v) is 9.76. The van der Waals surface area contributed by atoms with Gasteiger partial charge < -0.3 is 10.5 Å². The van der Waals surface area contributed by atoms with E-state index in [1.165, 1.54) is 5.56 Å². The predicted molar refractivity (Wildman–Crippen MR) is 65.8 cm³/mol. The summed E-state index contributed by atoms with van der Waals surface area (Å²) < 4.78 is 5.61. The van der Waals surface area contributed by atoms with Gasteiger partial charge >= 0.3 is 0 Å². The number of rotatable bonds is 4. The van der Waals surface area contributed by atoms with Gasteiger partial charge in [0, 0.05) is 12.6 Å². The lowest BCUT2D eigenvalue weighted by molar-refractivity contribution is 0.453. The van der Waals surface area contributed by atoms with E-state index in [0.717, 1.165) is 17.9 Å². The molecule has 0 unspecified atom stereocenters. The van der Waals surface area contributed by atoms with Crippen LogP contribution in [0.3, 0.4) is 0 Å². The second-order valence-electron chi connectivity index (χ2n) is 3.67. The van der Waals surface area contributed by atoms with Gasteiger partial charge in [-0.25, -0.2) is 0 Å². The normalized spacial score (nSPS) is 10.2. The molecular weight excluding hydrogens is 214 g/mol.